The molecule has 3 rings (SSSR count). The van der Waals surface area contributed by atoms with Crippen LogP contribution in [0.1, 0.15) is 12.6 Å². The van der Waals surface area contributed by atoms with Gasteiger partial charge in [0, 0.05) is 52.3 Å². The fourth-order valence-electron chi connectivity index (χ4n) is 2.64. The first-order chi connectivity index (χ1) is 11.8. The maximum absolute atomic E-state index is 12.1. The van der Waals surface area contributed by atoms with E-state index in [-0.39, 0.29) is 6.04 Å². The van der Waals surface area contributed by atoms with Crippen molar-refractivity contribution in [2.24, 2.45) is 4.36 Å². The Labute approximate surface area is 148 Å². The van der Waals surface area contributed by atoms with E-state index in [0.717, 1.165) is 23.6 Å². The summed E-state index contributed by atoms with van der Waals surface area (Å²) in [5, 5.41) is 0. The van der Waals surface area contributed by atoms with Gasteiger partial charge in [-0.05, 0) is 26.0 Å². The van der Waals surface area contributed by atoms with E-state index in [4.69, 9.17) is 9.72 Å². The highest BCUT2D eigenvalue weighted by molar-refractivity contribution is 7.92. The highest BCUT2D eigenvalue weighted by Crippen LogP contribution is 2.26. The smallest absolute Gasteiger partial charge is 0.167 e. The van der Waals surface area contributed by atoms with Gasteiger partial charge in [0.15, 0.2) is 11.6 Å². The molecule has 134 valence electrons. The normalized spacial score (nSPS) is 18.2. The van der Waals surface area contributed by atoms with Crippen molar-refractivity contribution in [2.75, 3.05) is 37.2 Å². The minimum Gasteiger partial charge on any atom is -0.377 e. The summed E-state index contributed by atoms with van der Waals surface area (Å²) < 4.78 is 21.9. The van der Waals surface area contributed by atoms with E-state index in [2.05, 4.69) is 26.2 Å². The lowest BCUT2D eigenvalue weighted by Crippen LogP contribution is -2.44. The van der Waals surface area contributed by atoms with Crippen LogP contribution < -0.4 is 4.90 Å². The molecular formula is C17H23N5O2S. The van der Waals surface area contributed by atoms with Crippen LogP contribution in [0.5, 0.6) is 0 Å². The molecule has 0 amide bonds. The lowest BCUT2D eigenvalue weighted by molar-refractivity contribution is 0.0985. The molecule has 1 aliphatic heterocycles. The fraction of sp³-hybridized carbons (Fsp3) is 0.471. The summed E-state index contributed by atoms with van der Waals surface area (Å²) >= 11 is 0. The molecule has 1 fully saturated rings. The van der Waals surface area contributed by atoms with Gasteiger partial charge in [0.1, 0.15) is 5.82 Å². The van der Waals surface area contributed by atoms with E-state index < -0.39 is 9.73 Å². The van der Waals surface area contributed by atoms with Gasteiger partial charge in [-0.1, -0.05) is 0 Å². The third-order valence-electron chi connectivity index (χ3n) is 3.84. The second-order valence-corrected chi connectivity index (χ2v) is 9.03. The molecule has 1 atom stereocenters. The number of aromatic nitrogens is 3. The van der Waals surface area contributed by atoms with Gasteiger partial charge in [-0.3, -0.25) is 4.98 Å². The topological polar surface area (TPSA) is 80.6 Å². The van der Waals surface area contributed by atoms with Crippen LogP contribution in [0.2, 0.25) is 0 Å². The molecule has 3 heterocycles. The number of ether oxygens (including phenoxy) is 1. The number of rotatable bonds is 3. The molecule has 0 N–H and O–H groups in total. The van der Waals surface area contributed by atoms with Crippen molar-refractivity contribution < 1.29 is 8.95 Å². The second-order valence-electron chi connectivity index (χ2n) is 6.49. The van der Waals surface area contributed by atoms with Gasteiger partial charge < -0.3 is 9.64 Å². The van der Waals surface area contributed by atoms with Crippen molar-refractivity contribution in [1.82, 2.24) is 15.0 Å². The molecule has 8 heteroatoms. The molecule has 1 saturated heterocycles. The summed E-state index contributed by atoms with van der Waals surface area (Å²) in [5.41, 5.74) is 1.74. The highest BCUT2D eigenvalue weighted by atomic mass is 32.2. The number of pyridine rings is 1. The molecule has 2 aromatic rings. The van der Waals surface area contributed by atoms with Gasteiger partial charge in [-0.25, -0.2) is 14.2 Å². The summed E-state index contributed by atoms with van der Waals surface area (Å²) in [6.07, 6.45) is 4.94. The molecule has 0 aliphatic carbocycles. The van der Waals surface area contributed by atoms with Crippen LogP contribution in [0.25, 0.3) is 11.4 Å². The molecule has 7 nitrogen and oxygen atoms in total. The van der Waals surface area contributed by atoms with E-state index in [1.165, 1.54) is 0 Å². The monoisotopic (exact) mass is 361 g/mol. The number of anilines is 1. The van der Waals surface area contributed by atoms with Gasteiger partial charge in [-0.2, -0.15) is 4.36 Å². The second kappa shape index (κ2) is 7.05. The number of hydrogen-bond donors (Lipinski definition) is 0. The highest BCUT2D eigenvalue weighted by Gasteiger charge is 2.22. The lowest BCUT2D eigenvalue weighted by atomic mass is 10.2. The Morgan fingerprint density at radius 3 is 2.76 bits per heavy atom. The minimum absolute atomic E-state index is 0.202. The molecule has 0 bridgehead atoms. The Morgan fingerprint density at radius 1 is 1.32 bits per heavy atom. The minimum atomic E-state index is -2.32. The van der Waals surface area contributed by atoms with Crippen LogP contribution in [0.15, 0.2) is 28.8 Å². The number of hydrogen-bond acceptors (Lipinski definition) is 7. The van der Waals surface area contributed by atoms with E-state index >= 15 is 0 Å². The Balaban J connectivity index is 2.11. The van der Waals surface area contributed by atoms with Crippen LogP contribution in [0, 0.1) is 6.92 Å². The molecule has 0 saturated carbocycles. The molecule has 0 aromatic carbocycles. The molecule has 2 aromatic heterocycles. The number of aryl methyl sites for hydroxylation is 1. The van der Waals surface area contributed by atoms with Crippen LogP contribution in [-0.2, 0) is 14.5 Å². The Hall–Kier alpha value is -2.06. The zero-order valence-corrected chi connectivity index (χ0v) is 15.8. The maximum Gasteiger partial charge on any atom is 0.167 e. The number of nitrogens with zero attached hydrogens (tertiary/aromatic N) is 5. The van der Waals surface area contributed by atoms with E-state index in [1.807, 2.05) is 19.1 Å². The van der Waals surface area contributed by atoms with Gasteiger partial charge in [0.05, 0.1) is 19.3 Å². The maximum atomic E-state index is 12.1. The largest absolute Gasteiger partial charge is 0.377 e. The first kappa shape index (κ1) is 17.8. The van der Waals surface area contributed by atoms with Crippen LogP contribution in [0.4, 0.5) is 11.6 Å². The quantitative estimate of drug-likeness (QED) is 0.835. The van der Waals surface area contributed by atoms with Gasteiger partial charge in [0.25, 0.3) is 0 Å². The third kappa shape index (κ3) is 4.52. The first-order valence-corrected chi connectivity index (χ1v) is 10.5. The van der Waals surface area contributed by atoms with Gasteiger partial charge >= 0.3 is 0 Å². The van der Waals surface area contributed by atoms with Crippen molar-refractivity contribution >= 4 is 21.4 Å². The Kier molecular flexibility index (Phi) is 5.01. The van der Waals surface area contributed by atoms with E-state index in [0.29, 0.717) is 24.9 Å². The average Bonchev–Trinajstić information content (AvgIpc) is 2.54. The van der Waals surface area contributed by atoms with Crippen molar-refractivity contribution in [3.63, 3.8) is 0 Å². The molecule has 1 aliphatic rings. The molecule has 0 radical (unpaired) electrons. The fourth-order valence-corrected chi connectivity index (χ4v) is 3.18. The predicted octanol–water partition coefficient (Wildman–Crippen LogP) is 2.43. The molecular weight excluding hydrogens is 338 g/mol. The standard InChI is InChI=1S/C17H23N5O2S/c1-12-5-6-14(10-18-12)17-19-15(21-25(3,4)23)9-16(20-17)22-7-8-24-11-13(22)2/h5-6,9-10,13H,7-8,11H2,1-4H3/t13-/m1/s1. The lowest BCUT2D eigenvalue weighted by Gasteiger charge is -2.34. The zero-order chi connectivity index (χ0) is 18.0. The summed E-state index contributed by atoms with van der Waals surface area (Å²) in [6.45, 7) is 6.07. The zero-order valence-electron chi connectivity index (χ0n) is 15.0. The first-order valence-electron chi connectivity index (χ1n) is 8.15. The van der Waals surface area contributed by atoms with E-state index in [9.17, 15) is 4.21 Å². The van der Waals surface area contributed by atoms with Crippen molar-refractivity contribution in [3.05, 3.63) is 30.1 Å². The van der Waals surface area contributed by atoms with Crippen molar-refractivity contribution in [2.45, 2.75) is 19.9 Å². The number of morpholine rings is 1. The Bertz CT molecular complexity index is 867. The molecule has 25 heavy (non-hydrogen) atoms. The summed E-state index contributed by atoms with van der Waals surface area (Å²) in [6, 6.07) is 5.85. The van der Waals surface area contributed by atoms with E-state index in [1.54, 1.807) is 24.8 Å². The predicted molar refractivity (Wildman–Crippen MR) is 99.7 cm³/mol. The third-order valence-corrected chi connectivity index (χ3v) is 4.47. The van der Waals surface area contributed by atoms with Crippen LogP contribution in [-0.4, -0.2) is 57.5 Å². The van der Waals surface area contributed by atoms with Gasteiger partial charge in [-0.15, -0.1) is 0 Å². The average molecular weight is 361 g/mol. The van der Waals surface area contributed by atoms with Crippen molar-refractivity contribution in [3.8, 4) is 11.4 Å². The van der Waals surface area contributed by atoms with Gasteiger partial charge in [0.2, 0.25) is 0 Å². The summed E-state index contributed by atoms with van der Waals surface area (Å²) in [4.78, 5) is 15.7. The Morgan fingerprint density at radius 2 is 2.12 bits per heavy atom. The van der Waals surface area contributed by atoms with Crippen LogP contribution >= 0.6 is 0 Å². The van der Waals surface area contributed by atoms with Crippen molar-refractivity contribution in [1.29, 1.82) is 0 Å². The SMILES string of the molecule is Cc1ccc(-c2nc(N=S(C)(C)=O)cc(N3CCOC[C@H]3C)n2)cn1. The molecule has 0 spiro atoms. The van der Waals surface area contributed by atoms with Crippen LogP contribution in [0.3, 0.4) is 0 Å². The molecule has 0 unspecified atom stereocenters. The summed E-state index contributed by atoms with van der Waals surface area (Å²) in [5.74, 6) is 1.73. The summed E-state index contributed by atoms with van der Waals surface area (Å²) in [7, 11) is -2.32.